The molecule has 0 saturated heterocycles. The van der Waals surface area contributed by atoms with Crippen LogP contribution in [0.4, 0.5) is 0 Å². The van der Waals surface area contributed by atoms with Crippen LogP contribution in [-0.2, 0) is 4.79 Å². The van der Waals surface area contributed by atoms with Crippen LogP contribution < -0.4 is 11.1 Å². The number of rotatable bonds is 6. The minimum absolute atomic E-state index is 0.258. The Bertz CT molecular complexity index is 272. The van der Waals surface area contributed by atoms with E-state index >= 15 is 0 Å². The van der Waals surface area contributed by atoms with Crippen LogP contribution in [0.15, 0.2) is 0 Å². The Kier molecular flexibility index (Phi) is 6.15. The summed E-state index contributed by atoms with van der Waals surface area (Å²) in [5.74, 6) is 2.12. The Hall–Kier alpha value is -0.570. The molecule has 19 heavy (non-hydrogen) atoms. The van der Waals surface area contributed by atoms with Crippen molar-refractivity contribution >= 4 is 5.91 Å². The summed E-state index contributed by atoms with van der Waals surface area (Å²) in [5.41, 5.74) is 5.63. The zero-order valence-electron chi connectivity index (χ0n) is 12.2. The van der Waals surface area contributed by atoms with Gasteiger partial charge < -0.3 is 11.1 Å². The van der Waals surface area contributed by atoms with Crippen LogP contribution in [0.1, 0.15) is 64.2 Å². The molecule has 2 fully saturated rings. The molecule has 0 bridgehead atoms. The van der Waals surface area contributed by atoms with Crippen molar-refractivity contribution < 1.29 is 4.79 Å². The third kappa shape index (κ3) is 4.79. The second-order valence-electron chi connectivity index (χ2n) is 6.54. The molecule has 0 radical (unpaired) electrons. The Morgan fingerprint density at radius 2 is 1.74 bits per heavy atom. The largest absolute Gasteiger partial charge is 0.356 e. The van der Waals surface area contributed by atoms with Gasteiger partial charge in [-0.25, -0.2) is 0 Å². The minimum atomic E-state index is 0.258. The van der Waals surface area contributed by atoms with Crippen molar-refractivity contribution in [1.82, 2.24) is 5.32 Å². The summed E-state index contributed by atoms with van der Waals surface area (Å²) in [6.07, 6.45) is 12.4. The molecule has 0 aliphatic heterocycles. The Morgan fingerprint density at radius 1 is 1.00 bits per heavy atom. The summed E-state index contributed by atoms with van der Waals surface area (Å²) in [6.45, 7) is 1.66. The maximum Gasteiger partial charge on any atom is 0.223 e. The van der Waals surface area contributed by atoms with Gasteiger partial charge in [0, 0.05) is 12.5 Å². The lowest BCUT2D eigenvalue weighted by molar-refractivity contribution is -0.126. The van der Waals surface area contributed by atoms with Gasteiger partial charge in [-0.3, -0.25) is 4.79 Å². The van der Waals surface area contributed by atoms with Crippen LogP contribution in [-0.4, -0.2) is 19.0 Å². The van der Waals surface area contributed by atoms with Crippen LogP contribution in [0.2, 0.25) is 0 Å². The SMILES string of the molecule is NCCC1CCCC(C(=O)NCCC2CCCC2)C1. The first kappa shape index (κ1) is 14.8. The number of amides is 1. The van der Waals surface area contributed by atoms with E-state index in [4.69, 9.17) is 5.73 Å². The lowest BCUT2D eigenvalue weighted by atomic mass is 9.79. The molecule has 0 aromatic heterocycles. The fraction of sp³-hybridized carbons (Fsp3) is 0.938. The fourth-order valence-electron chi connectivity index (χ4n) is 3.87. The van der Waals surface area contributed by atoms with Crippen molar-refractivity contribution in [3.63, 3.8) is 0 Å². The highest BCUT2D eigenvalue weighted by molar-refractivity contribution is 5.78. The third-order valence-electron chi connectivity index (χ3n) is 5.06. The molecule has 0 spiro atoms. The van der Waals surface area contributed by atoms with Crippen molar-refractivity contribution in [2.75, 3.05) is 13.1 Å². The van der Waals surface area contributed by atoms with Crippen LogP contribution in [0.25, 0.3) is 0 Å². The van der Waals surface area contributed by atoms with Gasteiger partial charge >= 0.3 is 0 Å². The number of nitrogens with one attached hydrogen (secondary N) is 1. The number of carbonyl (C=O) groups is 1. The van der Waals surface area contributed by atoms with E-state index in [1.165, 1.54) is 44.9 Å². The molecule has 2 aliphatic rings. The van der Waals surface area contributed by atoms with E-state index in [1.807, 2.05) is 0 Å². The summed E-state index contributed by atoms with van der Waals surface area (Å²) in [6, 6.07) is 0. The van der Waals surface area contributed by atoms with Crippen molar-refractivity contribution in [3.8, 4) is 0 Å². The van der Waals surface area contributed by atoms with E-state index in [1.54, 1.807) is 0 Å². The molecule has 2 saturated carbocycles. The second-order valence-corrected chi connectivity index (χ2v) is 6.54. The molecule has 0 heterocycles. The van der Waals surface area contributed by atoms with Gasteiger partial charge in [0.2, 0.25) is 5.91 Å². The highest BCUT2D eigenvalue weighted by Crippen LogP contribution is 2.31. The molecule has 110 valence electrons. The summed E-state index contributed by atoms with van der Waals surface area (Å²) in [7, 11) is 0. The van der Waals surface area contributed by atoms with Crippen molar-refractivity contribution in [2.24, 2.45) is 23.5 Å². The summed E-state index contributed by atoms with van der Waals surface area (Å²) < 4.78 is 0. The number of carbonyl (C=O) groups excluding carboxylic acids is 1. The van der Waals surface area contributed by atoms with E-state index < -0.39 is 0 Å². The molecule has 2 aliphatic carbocycles. The number of hydrogen-bond donors (Lipinski definition) is 2. The highest BCUT2D eigenvalue weighted by Gasteiger charge is 2.26. The minimum Gasteiger partial charge on any atom is -0.356 e. The lowest BCUT2D eigenvalue weighted by Crippen LogP contribution is -2.35. The van der Waals surface area contributed by atoms with Crippen LogP contribution in [0.3, 0.4) is 0 Å². The maximum absolute atomic E-state index is 12.2. The second kappa shape index (κ2) is 7.88. The summed E-state index contributed by atoms with van der Waals surface area (Å²) in [4.78, 5) is 12.2. The van der Waals surface area contributed by atoms with Gasteiger partial charge in [0.1, 0.15) is 0 Å². The monoisotopic (exact) mass is 266 g/mol. The molecular weight excluding hydrogens is 236 g/mol. The zero-order chi connectivity index (χ0) is 13.5. The lowest BCUT2D eigenvalue weighted by Gasteiger charge is -2.28. The van der Waals surface area contributed by atoms with Crippen LogP contribution in [0, 0.1) is 17.8 Å². The van der Waals surface area contributed by atoms with E-state index in [2.05, 4.69) is 5.32 Å². The normalized spacial score (nSPS) is 28.5. The van der Waals surface area contributed by atoms with Crippen molar-refractivity contribution in [1.29, 1.82) is 0 Å². The van der Waals surface area contributed by atoms with Crippen molar-refractivity contribution in [2.45, 2.75) is 64.2 Å². The van der Waals surface area contributed by atoms with Crippen LogP contribution >= 0.6 is 0 Å². The van der Waals surface area contributed by atoms with E-state index in [0.717, 1.165) is 38.3 Å². The van der Waals surface area contributed by atoms with Gasteiger partial charge in [-0.2, -0.15) is 0 Å². The van der Waals surface area contributed by atoms with E-state index in [0.29, 0.717) is 11.8 Å². The summed E-state index contributed by atoms with van der Waals surface area (Å²) >= 11 is 0. The van der Waals surface area contributed by atoms with Gasteiger partial charge in [-0.05, 0) is 44.1 Å². The smallest absolute Gasteiger partial charge is 0.223 e. The fourth-order valence-corrected chi connectivity index (χ4v) is 3.87. The average molecular weight is 266 g/mol. The predicted octanol–water partition coefficient (Wildman–Crippen LogP) is 2.84. The third-order valence-corrected chi connectivity index (χ3v) is 5.06. The maximum atomic E-state index is 12.2. The van der Waals surface area contributed by atoms with Crippen LogP contribution in [0.5, 0.6) is 0 Å². The first-order valence-corrected chi connectivity index (χ1v) is 8.27. The predicted molar refractivity (Wildman–Crippen MR) is 78.7 cm³/mol. The topological polar surface area (TPSA) is 55.1 Å². The Labute approximate surface area is 117 Å². The molecule has 0 aromatic carbocycles. The average Bonchev–Trinajstić information content (AvgIpc) is 2.92. The molecule has 0 aromatic rings. The first-order chi connectivity index (χ1) is 9.29. The van der Waals surface area contributed by atoms with Gasteiger partial charge in [0.05, 0.1) is 0 Å². The van der Waals surface area contributed by atoms with E-state index in [-0.39, 0.29) is 5.92 Å². The molecule has 2 atom stereocenters. The molecule has 1 amide bonds. The molecule has 2 rings (SSSR count). The molecular formula is C16H30N2O. The van der Waals surface area contributed by atoms with Gasteiger partial charge in [0.15, 0.2) is 0 Å². The van der Waals surface area contributed by atoms with Crippen molar-refractivity contribution in [3.05, 3.63) is 0 Å². The van der Waals surface area contributed by atoms with Gasteiger partial charge in [-0.1, -0.05) is 38.5 Å². The van der Waals surface area contributed by atoms with E-state index in [9.17, 15) is 4.79 Å². The quantitative estimate of drug-likeness (QED) is 0.776. The Morgan fingerprint density at radius 3 is 2.47 bits per heavy atom. The molecule has 3 nitrogen and oxygen atoms in total. The number of nitrogens with two attached hydrogens (primary N) is 1. The molecule has 3 heteroatoms. The summed E-state index contributed by atoms with van der Waals surface area (Å²) in [5, 5.41) is 3.17. The van der Waals surface area contributed by atoms with Gasteiger partial charge in [0.25, 0.3) is 0 Å². The number of hydrogen-bond acceptors (Lipinski definition) is 2. The molecule has 2 unspecified atom stereocenters. The highest BCUT2D eigenvalue weighted by atomic mass is 16.1. The standard InChI is InChI=1S/C16H30N2O/c17-10-8-14-6-3-7-15(12-14)16(19)18-11-9-13-4-1-2-5-13/h13-15H,1-12,17H2,(H,18,19). The Balaban J connectivity index is 1.64. The van der Waals surface area contributed by atoms with Gasteiger partial charge in [-0.15, -0.1) is 0 Å². The molecule has 3 N–H and O–H groups in total. The zero-order valence-corrected chi connectivity index (χ0v) is 12.2. The first-order valence-electron chi connectivity index (χ1n) is 8.27.